The number of methoxy groups -OCH3 is 1. The molecular weight excluding hydrogens is 320 g/mol. The Kier molecular flexibility index (Phi) is 5.59. The molecule has 1 amide bonds. The highest BCUT2D eigenvalue weighted by Gasteiger charge is 2.29. The van der Waals surface area contributed by atoms with Crippen LogP contribution in [0.1, 0.15) is 26.3 Å². The molecule has 0 radical (unpaired) electrons. The molecule has 0 fully saturated rings. The van der Waals surface area contributed by atoms with Crippen molar-refractivity contribution in [3.63, 3.8) is 0 Å². The predicted octanol–water partition coefficient (Wildman–Crippen LogP) is 2.79. The first-order valence-electron chi connectivity index (χ1n) is 6.49. The molecule has 1 aromatic rings. The van der Waals surface area contributed by atoms with Gasteiger partial charge in [-0.1, -0.05) is 36.7 Å². The number of carbonyl (C=O) groups excluding carboxylic acids is 1. The maximum atomic E-state index is 12.3. The minimum Gasteiger partial charge on any atom is -0.496 e. The van der Waals surface area contributed by atoms with Crippen molar-refractivity contribution in [1.29, 1.82) is 0 Å². The Morgan fingerprint density at radius 3 is 2.55 bits per heavy atom. The van der Waals surface area contributed by atoms with E-state index in [9.17, 15) is 4.79 Å². The van der Waals surface area contributed by atoms with Crippen LogP contribution in [0.4, 0.5) is 0 Å². The van der Waals surface area contributed by atoms with Crippen LogP contribution in [0, 0.1) is 5.41 Å². The number of benzene rings is 1. The summed E-state index contributed by atoms with van der Waals surface area (Å²) < 4.78 is 6.27. The van der Waals surface area contributed by atoms with Gasteiger partial charge >= 0.3 is 0 Å². The molecule has 0 spiro atoms. The molecular formula is C15H23BrN2O2. The van der Waals surface area contributed by atoms with Gasteiger partial charge in [0.05, 0.1) is 13.2 Å². The molecule has 1 aromatic carbocycles. The Labute approximate surface area is 129 Å². The topological polar surface area (TPSA) is 55.6 Å². The fourth-order valence-electron chi connectivity index (χ4n) is 1.81. The Balaban J connectivity index is 2.88. The van der Waals surface area contributed by atoms with Gasteiger partial charge < -0.3 is 15.4 Å². The third-order valence-electron chi connectivity index (χ3n) is 3.23. The van der Waals surface area contributed by atoms with E-state index in [0.29, 0.717) is 6.54 Å². The van der Waals surface area contributed by atoms with Gasteiger partial charge in [0.2, 0.25) is 5.91 Å². The Hall–Kier alpha value is -1.07. The second-order valence-electron chi connectivity index (χ2n) is 5.99. The first-order chi connectivity index (χ1) is 9.16. The van der Waals surface area contributed by atoms with Crippen LogP contribution < -0.4 is 10.5 Å². The van der Waals surface area contributed by atoms with Gasteiger partial charge in [0.25, 0.3) is 0 Å². The molecule has 20 heavy (non-hydrogen) atoms. The number of rotatable bonds is 4. The molecule has 0 aliphatic heterocycles. The number of halogens is 1. The molecule has 112 valence electrons. The van der Waals surface area contributed by atoms with Crippen LogP contribution in [-0.2, 0) is 11.3 Å². The maximum absolute atomic E-state index is 12.3. The van der Waals surface area contributed by atoms with E-state index in [0.717, 1.165) is 15.8 Å². The molecule has 1 atom stereocenters. The molecule has 0 heterocycles. The lowest BCUT2D eigenvalue weighted by molar-refractivity contribution is -0.134. The fraction of sp³-hybridized carbons (Fsp3) is 0.533. The molecule has 5 heteroatoms. The van der Waals surface area contributed by atoms with Gasteiger partial charge in [-0.2, -0.15) is 0 Å². The van der Waals surface area contributed by atoms with Crippen molar-refractivity contribution in [3.05, 3.63) is 28.2 Å². The molecule has 0 unspecified atom stereocenters. The average molecular weight is 343 g/mol. The van der Waals surface area contributed by atoms with E-state index in [1.807, 2.05) is 39.0 Å². The number of nitrogens with two attached hydrogens (primary N) is 1. The monoisotopic (exact) mass is 342 g/mol. The van der Waals surface area contributed by atoms with Gasteiger partial charge in [-0.3, -0.25) is 4.79 Å². The normalized spacial score (nSPS) is 12.9. The Morgan fingerprint density at radius 2 is 2.05 bits per heavy atom. The van der Waals surface area contributed by atoms with Crippen molar-refractivity contribution in [2.75, 3.05) is 14.2 Å². The number of likely N-dealkylation sites (N-methyl/N-ethyl adjacent to an activating group) is 1. The summed E-state index contributed by atoms with van der Waals surface area (Å²) >= 11 is 3.43. The van der Waals surface area contributed by atoms with Gasteiger partial charge in [-0.05, 0) is 23.6 Å². The summed E-state index contributed by atoms with van der Waals surface area (Å²) in [7, 11) is 3.38. The highest BCUT2D eigenvalue weighted by Crippen LogP contribution is 2.25. The summed E-state index contributed by atoms with van der Waals surface area (Å²) in [6.07, 6.45) is 0. The largest absolute Gasteiger partial charge is 0.496 e. The van der Waals surface area contributed by atoms with Crippen LogP contribution in [0.15, 0.2) is 22.7 Å². The SMILES string of the molecule is COc1ccc(Br)cc1CN(C)C(=O)[C@H](N)C(C)(C)C. The van der Waals surface area contributed by atoms with E-state index in [1.165, 1.54) is 0 Å². The predicted molar refractivity (Wildman–Crippen MR) is 84.6 cm³/mol. The molecule has 0 aliphatic carbocycles. The Bertz CT molecular complexity index is 483. The number of hydrogen-bond donors (Lipinski definition) is 1. The minimum atomic E-state index is -0.523. The van der Waals surface area contributed by atoms with Gasteiger partial charge in [0, 0.05) is 23.6 Å². The quantitative estimate of drug-likeness (QED) is 0.915. The lowest BCUT2D eigenvalue weighted by Gasteiger charge is -2.30. The zero-order valence-electron chi connectivity index (χ0n) is 12.7. The van der Waals surface area contributed by atoms with E-state index >= 15 is 0 Å². The molecule has 0 aliphatic rings. The third-order valence-corrected chi connectivity index (χ3v) is 3.72. The third kappa shape index (κ3) is 4.21. The van der Waals surface area contributed by atoms with Crippen molar-refractivity contribution >= 4 is 21.8 Å². The van der Waals surface area contributed by atoms with E-state index in [2.05, 4.69) is 15.9 Å². The molecule has 0 saturated carbocycles. The number of amides is 1. The maximum Gasteiger partial charge on any atom is 0.240 e. The highest BCUT2D eigenvalue weighted by atomic mass is 79.9. The minimum absolute atomic E-state index is 0.0699. The molecule has 0 aromatic heterocycles. The van der Waals surface area contributed by atoms with Crippen molar-refractivity contribution in [2.24, 2.45) is 11.1 Å². The van der Waals surface area contributed by atoms with Crippen LogP contribution in [0.3, 0.4) is 0 Å². The van der Waals surface area contributed by atoms with E-state index in [4.69, 9.17) is 10.5 Å². The van der Waals surface area contributed by atoms with E-state index in [1.54, 1.807) is 19.1 Å². The summed E-state index contributed by atoms with van der Waals surface area (Å²) in [5.74, 6) is 0.691. The van der Waals surface area contributed by atoms with Gasteiger partial charge in [-0.15, -0.1) is 0 Å². The lowest BCUT2D eigenvalue weighted by atomic mass is 9.86. The average Bonchev–Trinajstić information content (AvgIpc) is 2.36. The fourth-order valence-corrected chi connectivity index (χ4v) is 2.22. The molecule has 1 rings (SSSR count). The van der Waals surface area contributed by atoms with Crippen LogP contribution in [0.5, 0.6) is 5.75 Å². The number of nitrogens with zero attached hydrogens (tertiary/aromatic N) is 1. The summed E-state index contributed by atoms with van der Waals surface area (Å²) in [5, 5.41) is 0. The van der Waals surface area contributed by atoms with E-state index < -0.39 is 6.04 Å². The number of hydrogen-bond acceptors (Lipinski definition) is 3. The highest BCUT2D eigenvalue weighted by molar-refractivity contribution is 9.10. The summed E-state index contributed by atoms with van der Waals surface area (Å²) in [6, 6.07) is 5.21. The Morgan fingerprint density at radius 1 is 1.45 bits per heavy atom. The van der Waals surface area contributed by atoms with Crippen LogP contribution >= 0.6 is 15.9 Å². The first-order valence-corrected chi connectivity index (χ1v) is 7.29. The van der Waals surface area contributed by atoms with Gasteiger partial charge in [0.15, 0.2) is 0 Å². The number of carbonyl (C=O) groups is 1. The van der Waals surface area contributed by atoms with Crippen molar-refractivity contribution in [3.8, 4) is 5.75 Å². The second kappa shape index (κ2) is 6.59. The standard InChI is InChI=1S/C15H23BrN2O2/c1-15(2,3)13(17)14(19)18(4)9-10-8-11(16)6-7-12(10)20-5/h6-8,13H,9,17H2,1-5H3/t13-/m0/s1. The van der Waals surface area contributed by atoms with Crippen molar-refractivity contribution < 1.29 is 9.53 Å². The first kappa shape index (κ1) is 17.0. The second-order valence-corrected chi connectivity index (χ2v) is 6.91. The van der Waals surface area contributed by atoms with Gasteiger partial charge in [0.1, 0.15) is 5.75 Å². The molecule has 4 nitrogen and oxygen atoms in total. The zero-order chi connectivity index (χ0) is 15.5. The number of ether oxygens (including phenoxy) is 1. The van der Waals surface area contributed by atoms with Crippen LogP contribution in [0.25, 0.3) is 0 Å². The zero-order valence-corrected chi connectivity index (χ0v) is 14.3. The van der Waals surface area contributed by atoms with Crippen LogP contribution in [0.2, 0.25) is 0 Å². The molecule has 2 N–H and O–H groups in total. The molecule has 0 saturated heterocycles. The van der Waals surface area contributed by atoms with Crippen molar-refractivity contribution in [1.82, 2.24) is 4.90 Å². The smallest absolute Gasteiger partial charge is 0.240 e. The molecule has 0 bridgehead atoms. The van der Waals surface area contributed by atoms with Gasteiger partial charge in [-0.25, -0.2) is 0 Å². The van der Waals surface area contributed by atoms with E-state index in [-0.39, 0.29) is 11.3 Å². The van der Waals surface area contributed by atoms with Crippen LogP contribution in [-0.4, -0.2) is 31.0 Å². The summed E-state index contributed by atoms with van der Waals surface area (Å²) in [4.78, 5) is 14.0. The lowest BCUT2D eigenvalue weighted by Crippen LogP contribution is -2.48. The van der Waals surface area contributed by atoms with Crippen molar-refractivity contribution in [2.45, 2.75) is 33.4 Å². The summed E-state index contributed by atoms with van der Waals surface area (Å²) in [5.41, 5.74) is 6.70. The summed E-state index contributed by atoms with van der Waals surface area (Å²) in [6.45, 7) is 6.35.